The number of hydrogen-bond donors (Lipinski definition) is 1. The van der Waals surface area contributed by atoms with Gasteiger partial charge in [-0.25, -0.2) is 14.1 Å². The third-order valence-corrected chi connectivity index (χ3v) is 2.94. The Bertz CT molecular complexity index is 778. The Morgan fingerprint density at radius 1 is 1.21 bits per heavy atom. The molecular weight excluding hydrogens is 245 g/mol. The van der Waals surface area contributed by atoms with Crippen LogP contribution in [0.25, 0.3) is 22.4 Å². The average Bonchev–Trinajstić information content (AvgIpc) is 2.70. The van der Waals surface area contributed by atoms with E-state index in [-0.39, 0.29) is 5.69 Å². The minimum atomic E-state index is -0.529. The average molecular weight is 257 g/mol. The predicted octanol–water partition coefficient (Wildman–Crippen LogP) is 2.06. The quantitative estimate of drug-likeness (QED) is 0.724. The number of fused-ring (bicyclic) bond motifs is 1. The predicted molar refractivity (Wildman–Crippen MR) is 70.8 cm³/mol. The van der Waals surface area contributed by atoms with E-state index in [9.17, 15) is 4.39 Å². The number of nitrogen functional groups attached to an aromatic ring is 1. The molecule has 0 bridgehead atoms. The Morgan fingerprint density at radius 3 is 2.74 bits per heavy atom. The van der Waals surface area contributed by atoms with E-state index in [0.717, 1.165) is 22.8 Å². The van der Waals surface area contributed by atoms with Crippen LogP contribution < -0.4 is 5.73 Å². The van der Waals surface area contributed by atoms with Crippen molar-refractivity contribution in [2.24, 2.45) is 7.05 Å². The van der Waals surface area contributed by atoms with Crippen molar-refractivity contribution < 1.29 is 4.39 Å². The molecule has 0 aliphatic carbocycles. The Hall–Kier alpha value is -2.50. The first-order valence-corrected chi connectivity index (χ1v) is 5.77. The number of pyridine rings is 2. The van der Waals surface area contributed by atoms with Gasteiger partial charge in [0.25, 0.3) is 0 Å². The first kappa shape index (κ1) is 11.6. The van der Waals surface area contributed by atoms with Gasteiger partial charge < -0.3 is 5.73 Å². The summed E-state index contributed by atoms with van der Waals surface area (Å²) in [4.78, 5) is 8.38. The summed E-state index contributed by atoms with van der Waals surface area (Å²) in [7, 11) is 1.81. The normalized spacial score (nSPS) is 11.1. The lowest BCUT2D eigenvalue weighted by Crippen LogP contribution is -1.95. The summed E-state index contributed by atoms with van der Waals surface area (Å²) in [5, 5.41) is 5.26. The van der Waals surface area contributed by atoms with E-state index in [2.05, 4.69) is 15.1 Å². The van der Waals surface area contributed by atoms with Crippen LogP contribution in [0.1, 0.15) is 5.56 Å². The van der Waals surface area contributed by atoms with Gasteiger partial charge in [-0.15, -0.1) is 0 Å². The molecule has 3 heterocycles. The van der Waals surface area contributed by atoms with E-state index in [1.165, 1.54) is 6.07 Å². The molecule has 0 amide bonds. The molecule has 2 N–H and O–H groups in total. The van der Waals surface area contributed by atoms with E-state index in [1.807, 2.05) is 13.0 Å². The Morgan fingerprint density at radius 2 is 2.00 bits per heavy atom. The highest BCUT2D eigenvalue weighted by atomic mass is 19.1. The van der Waals surface area contributed by atoms with Gasteiger partial charge in [-0.3, -0.25) is 4.98 Å². The van der Waals surface area contributed by atoms with Crippen LogP contribution in [0, 0.1) is 12.7 Å². The van der Waals surface area contributed by atoms with Gasteiger partial charge in [-0.2, -0.15) is 5.10 Å². The molecule has 0 aliphatic heterocycles. The summed E-state index contributed by atoms with van der Waals surface area (Å²) in [6.07, 6.45) is 2.88. The molecule has 0 atom stereocenters. The van der Waals surface area contributed by atoms with Crippen molar-refractivity contribution in [2.45, 2.75) is 6.92 Å². The lowest BCUT2D eigenvalue weighted by Gasteiger charge is -2.00. The van der Waals surface area contributed by atoms with Crippen molar-refractivity contribution in [1.82, 2.24) is 19.7 Å². The summed E-state index contributed by atoms with van der Waals surface area (Å²) in [5.74, 6) is -0.529. The van der Waals surface area contributed by atoms with Crippen molar-refractivity contribution in [2.75, 3.05) is 5.73 Å². The highest BCUT2D eigenvalue weighted by Gasteiger charge is 2.14. The van der Waals surface area contributed by atoms with E-state index in [0.29, 0.717) is 11.4 Å². The summed E-state index contributed by atoms with van der Waals surface area (Å²) in [6, 6.07) is 3.46. The zero-order valence-electron chi connectivity index (χ0n) is 10.6. The maximum atomic E-state index is 13.2. The number of hydrogen-bond acceptors (Lipinski definition) is 4. The third-order valence-electron chi connectivity index (χ3n) is 2.94. The van der Waals surface area contributed by atoms with Crippen molar-refractivity contribution in [1.29, 1.82) is 0 Å². The molecule has 0 fully saturated rings. The maximum Gasteiger partial charge on any atom is 0.164 e. The standard InChI is InChI=1S/C13H12FN5/c1-7-3-8-12(18-19(2)13(8)17-5-7)11-4-10(15)9(14)6-16-11/h3-6H,1-2H3,(H2,15,16). The molecule has 0 saturated carbocycles. The zero-order chi connectivity index (χ0) is 13.6. The fourth-order valence-electron chi connectivity index (χ4n) is 2.02. The smallest absolute Gasteiger partial charge is 0.164 e. The molecular formula is C13H12FN5. The Balaban J connectivity index is 2.29. The van der Waals surface area contributed by atoms with Gasteiger partial charge in [0.15, 0.2) is 11.5 Å². The summed E-state index contributed by atoms with van der Waals surface area (Å²) in [6.45, 7) is 1.95. The highest BCUT2D eigenvalue weighted by molar-refractivity contribution is 5.90. The molecule has 0 unspecified atom stereocenters. The molecule has 0 radical (unpaired) electrons. The topological polar surface area (TPSA) is 69.6 Å². The fraction of sp³-hybridized carbons (Fsp3) is 0.154. The molecule has 19 heavy (non-hydrogen) atoms. The lowest BCUT2D eigenvalue weighted by molar-refractivity contribution is 0.626. The third kappa shape index (κ3) is 1.81. The second-order valence-corrected chi connectivity index (χ2v) is 4.45. The monoisotopic (exact) mass is 257 g/mol. The minimum Gasteiger partial charge on any atom is -0.396 e. The minimum absolute atomic E-state index is 0.0596. The van der Waals surface area contributed by atoms with Crippen LogP contribution in [0.5, 0.6) is 0 Å². The number of nitrogens with zero attached hydrogens (tertiary/aromatic N) is 4. The summed E-state index contributed by atoms with van der Waals surface area (Å²) >= 11 is 0. The molecule has 3 aromatic heterocycles. The maximum absolute atomic E-state index is 13.2. The van der Waals surface area contributed by atoms with Crippen molar-refractivity contribution in [3.63, 3.8) is 0 Å². The molecule has 0 aromatic carbocycles. The number of nitrogens with two attached hydrogens (primary N) is 1. The van der Waals surface area contributed by atoms with E-state index in [1.54, 1.807) is 17.9 Å². The molecule has 3 rings (SSSR count). The number of anilines is 1. The van der Waals surface area contributed by atoms with Crippen LogP contribution in [0.2, 0.25) is 0 Å². The molecule has 0 spiro atoms. The van der Waals surface area contributed by atoms with Gasteiger partial charge in [0.05, 0.1) is 17.6 Å². The van der Waals surface area contributed by atoms with Gasteiger partial charge in [0.2, 0.25) is 0 Å². The number of rotatable bonds is 1. The molecule has 0 aliphatic rings. The summed E-state index contributed by atoms with van der Waals surface area (Å²) in [5.41, 5.74) is 8.60. The Kier molecular flexibility index (Phi) is 2.45. The zero-order valence-corrected chi connectivity index (χ0v) is 10.6. The second kappa shape index (κ2) is 4.01. The molecule has 0 saturated heterocycles. The van der Waals surface area contributed by atoms with Gasteiger partial charge in [-0.1, -0.05) is 0 Å². The second-order valence-electron chi connectivity index (χ2n) is 4.45. The van der Waals surface area contributed by atoms with Crippen LogP contribution >= 0.6 is 0 Å². The Labute approximate surface area is 108 Å². The van der Waals surface area contributed by atoms with Gasteiger partial charge in [0, 0.05) is 18.6 Å². The van der Waals surface area contributed by atoms with E-state index in [4.69, 9.17) is 5.73 Å². The number of aryl methyl sites for hydroxylation is 2. The van der Waals surface area contributed by atoms with E-state index < -0.39 is 5.82 Å². The van der Waals surface area contributed by atoms with Crippen molar-refractivity contribution in [3.05, 3.63) is 35.9 Å². The summed E-state index contributed by atoms with van der Waals surface area (Å²) < 4.78 is 14.8. The molecule has 96 valence electrons. The first-order chi connectivity index (χ1) is 9.06. The molecule has 5 nitrogen and oxygen atoms in total. The molecule has 6 heteroatoms. The van der Waals surface area contributed by atoms with Crippen molar-refractivity contribution in [3.8, 4) is 11.4 Å². The SMILES string of the molecule is Cc1cnc2c(c1)c(-c1cc(N)c(F)cn1)nn2C. The van der Waals surface area contributed by atoms with Gasteiger partial charge >= 0.3 is 0 Å². The molecule has 3 aromatic rings. The number of halogens is 1. The van der Waals surface area contributed by atoms with Gasteiger partial charge in [0.1, 0.15) is 5.69 Å². The number of aromatic nitrogens is 4. The van der Waals surface area contributed by atoms with Crippen LogP contribution in [-0.4, -0.2) is 19.7 Å². The lowest BCUT2D eigenvalue weighted by atomic mass is 10.1. The van der Waals surface area contributed by atoms with E-state index >= 15 is 0 Å². The van der Waals surface area contributed by atoms with Crippen LogP contribution in [0.4, 0.5) is 10.1 Å². The van der Waals surface area contributed by atoms with Gasteiger partial charge in [-0.05, 0) is 24.6 Å². The van der Waals surface area contributed by atoms with Crippen LogP contribution in [0.3, 0.4) is 0 Å². The van der Waals surface area contributed by atoms with Crippen molar-refractivity contribution >= 4 is 16.7 Å². The van der Waals surface area contributed by atoms with Crippen LogP contribution in [-0.2, 0) is 7.05 Å². The highest BCUT2D eigenvalue weighted by Crippen LogP contribution is 2.27. The fourth-order valence-corrected chi connectivity index (χ4v) is 2.02. The first-order valence-electron chi connectivity index (χ1n) is 5.77. The largest absolute Gasteiger partial charge is 0.396 e. The van der Waals surface area contributed by atoms with Crippen LogP contribution in [0.15, 0.2) is 24.5 Å².